The third-order valence-electron chi connectivity index (χ3n) is 4.73. The molecular weight excluding hydrogens is 224 g/mol. The lowest BCUT2D eigenvalue weighted by atomic mass is 9.98. The van der Waals surface area contributed by atoms with E-state index in [0.717, 1.165) is 31.5 Å². The maximum atomic E-state index is 5.73. The lowest BCUT2D eigenvalue weighted by Gasteiger charge is -2.32. The molecule has 0 aliphatic carbocycles. The average molecular weight is 254 g/mol. The largest absolute Gasteiger partial charge is 0.378 e. The van der Waals surface area contributed by atoms with Gasteiger partial charge in [-0.15, -0.1) is 0 Å². The Morgan fingerprint density at radius 1 is 1.28 bits per heavy atom. The van der Waals surface area contributed by atoms with E-state index >= 15 is 0 Å². The number of hydrogen-bond acceptors (Lipinski definition) is 3. The van der Waals surface area contributed by atoms with E-state index in [-0.39, 0.29) is 0 Å². The predicted octanol–water partition coefficient (Wildman–Crippen LogP) is 2.27. The lowest BCUT2D eigenvalue weighted by molar-refractivity contribution is 0.0870. The summed E-state index contributed by atoms with van der Waals surface area (Å²) in [6.07, 6.45) is 8.42. The van der Waals surface area contributed by atoms with Gasteiger partial charge in [0.25, 0.3) is 0 Å². The van der Waals surface area contributed by atoms with Crippen LogP contribution in [-0.4, -0.2) is 50.3 Å². The highest BCUT2D eigenvalue weighted by Crippen LogP contribution is 2.22. The lowest BCUT2D eigenvalue weighted by Crippen LogP contribution is -2.39. The van der Waals surface area contributed by atoms with Gasteiger partial charge in [0.15, 0.2) is 0 Å². The second-order valence-corrected chi connectivity index (χ2v) is 5.99. The van der Waals surface area contributed by atoms with E-state index in [0.29, 0.717) is 6.10 Å². The van der Waals surface area contributed by atoms with Gasteiger partial charge in [-0.1, -0.05) is 13.3 Å². The standard InChI is InChI=1S/C15H30N2O/c1-3-15-13(8-11-18-15)12-16-9-7-14-6-4-5-10-17(14)2/h13-16H,3-12H2,1-2H3. The minimum absolute atomic E-state index is 0.509. The van der Waals surface area contributed by atoms with Gasteiger partial charge in [0.05, 0.1) is 6.10 Å². The molecular formula is C15H30N2O. The summed E-state index contributed by atoms with van der Waals surface area (Å²) < 4.78 is 5.73. The van der Waals surface area contributed by atoms with Crippen molar-refractivity contribution in [3.63, 3.8) is 0 Å². The Balaban J connectivity index is 1.58. The molecule has 3 nitrogen and oxygen atoms in total. The fraction of sp³-hybridized carbons (Fsp3) is 1.00. The molecule has 0 saturated carbocycles. The summed E-state index contributed by atoms with van der Waals surface area (Å²) in [5.41, 5.74) is 0. The zero-order valence-electron chi connectivity index (χ0n) is 12.2. The molecule has 2 rings (SSSR count). The quantitative estimate of drug-likeness (QED) is 0.736. The Bertz CT molecular complexity index is 231. The van der Waals surface area contributed by atoms with Gasteiger partial charge in [-0.25, -0.2) is 0 Å². The maximum Gasteiger partial charge on any atom is 0.0613 e. The van der Waals surface area contributed by atoms with Crippen molar-refractivity contribution in [1.82, 2.24) is 10.2 Å². The summed E-state index contributed by atoms with van der Waals surface area (Å²) in [4.78, 5) is 2.54. The molecule has 1 N–H and O–H groups in total. The number of rotatable bonds is 6. The fourth-order valence-electron chi connectivity index (χ4n) is 3.44. The SMILES string of the molecule is CCC1OCCC1CNCCC1CCCCN1C. The highest BCUT2D eigenvalue weighted by atomic mass is 16.5. The summed E-state index contributed by atoms with van der Waals surface area (Å²) in [7, 11) is 2.28. The van der Waals surface area contributed by atoms with Crippen molar-refractivity contribution in [2.45, 2.75) is 57.6 Å². The molecule has 0 bridgehead atoms. The van der Waals surface area contributed by atoms with Gasteiger partial charge in [-0.2, -0.15) is 0 Å². The van der Waals surface area contributed by atoms with Crippen LogP contribution in [-0.2, 0) is 4.74 Å². The Morgan fingerprint density at radius 3 is 2.94 bits per heavy atom. The first-order chi connectivity index (χ1) is 8.81. The Morgan fingerprint density at radius 2 is 2.17 bits per heavy atom. The first kappa shape index (κ1) is 14.3. The van der Waals surface area contributed by atoms with Crippen LogP contribution in [0.25, 0.3) is 0 Å². The molecule has 18 heavy (non-hydrogen) atoms. The van der Waals surface area contributed by atoms with Gasteiger partial charge in [0.1, 0.15) is 0 Å². The average Bonchev–Trinajstić information content (AvgIpc) is 2.84. The summed E-state index contributed by atoms with van der Waals surface area (Å²) in [5, 5.41) is 3.65. The number of nitrogens with one attached hydrogen (secondary N) is 1. The number of piperidine rings is 1. The van der Waals surface area contributed by atoms with E-state index in [1.54, 1.807) is 0 Å². The van der Waals surface area contributed by atoms with Crippen molar-refractivity contribution >= 4 is 0 Å². The second-order valence-electron chi connectivity index (χ2n) is 5.99. The van der Waals surface area contributed by atoms with Gasteiger partial charge < -0.3 is 15.0 Å². The van der Waals surface area contributed by atoms with E-state index in [1.165, 1.54) is 45.2 Å². The van der Waals surface area contributed by atoms with Gasteiger partial charge in [0, 0.05) is 19.2 Å². The summed E-state index contributed by atoms with van der Waals surface area (Å²) in [6.45, 7) is 6.81. The van der Waals surface area contributed by atoms with Crippen molar-refractivity contribution in [2.24, 2.45) is 5.92 Å². The predicted molar refractivity (Wildman–Crippen MR) is 75.9 cm³/mol. The van der Waals surface area contributed by atoms with Gasteiger partial charge >= 0.3 is 0 Å². The third kappa shape index (κ3) is 3.94. The molecule has 0 aromatic heterocycles. The van der Waals surface area contributed by atoms with Crippen LogP contribution in [0.1, 0.15) is 45.4 Å². The normalized spacial score (nSPS) is 34.0. The Hall–Kier alpha value is -0.120. The monoisotopic (exact) mass is 254 g/mol. The van der Waals surface area contributed by atoms with Crippen LogP contribution in [0.3, 0.4) is 0 Å². The molecule has 3 unspecified atom stereocenters. The molecule has 0 aromatic carbocycles. The summed E-state index contributed by atoms with van der Waals surface area (Å²) >= 11 is 0. The first-order valence-electron chi connectivity index (χ1n) is 7.83. The number of hydrogen-bond donors (Lipinski definition) is 1. The molecule has 106 valence electrons. The molecule has 0 spiro atoms. The van der Waals surface area contributed by atoms with Crippen LogP contribution in [0.15, 0.2) is 0 Å². The summed E-state index contributed by atoms with van der Waals surface area (Å²) in [6, 6.07) is 0.813. The Kier molecular flexibility index (Phi) is 5.93. The van der Waals surface area contributed by atoms with Crippen LogP contribution in [0.5, 0.6) is 0 Å². The molecule has 3 atom stereocenters. The molecule has 0 radical (unpaired) electrons. The Labute approximate surface area is 112 Å². The van der Waals surface area contributed by atoms with E-state index < -0.39 is 0 Å². The zero-order chi connectivity index (χ0) is 12.8. The van der Waals surface area contributed by atoms with Crippen molar-refractivity contribution in [3.8, 4) is 0 Å². The molecule has 0 amide bonds. The summed E-state index contributed by atoms with van der Waals surface area (Å²) in [5.74, 6) is 0.749. The van der Waals surface area contributed by atoms with Gasteiger partial charge in [-0.05, 0) is 58.2 Å². The van der Waals surface area contributed by atoms with E-state index in [9.17, 15) is 0 Å². The highest BCUT2D eigenvalue weighted by molar-refractivity contribution is 4.78. The first-order valence-corrected chi connectivity index (χ1v) is 7.83. The zero-order valence-corrected chi connectivity index (χ0v) is 12.2. The fourth-order valence-corrected chi connectivity index (χ4v) is 3.44. The van der Waals surface area contributed by atoms with Crippen molar-refractivity contribution in [3.05, 3.63) is 0 Å². The van der Waals surface area contributed by atoms with Gasteiger partial charge in [-0.3, -0.25) is 0 Å². The van der Waals surface area contributed by atoms with Crippen LogP contribution < -0.4 is 5.32 Å². The number of ether oxygens (including phenoxy) is 1. The topological polar surface area (TPSA) is 24.5 Å². The van der Waals surface area contributed by atoms with Crippen molar-refractivity contribution < 1.29 is 4.74 Å². The highest BCUT2D eigenvalue weighted by Gasteiger charge is 2.26. The van der Waals surface area contributed by atoms with E-state index in [1.807, 2.05) is 0 Å². The van der Waals surface area contributed by atoms with Crippen LogP contribution >= 0.6 is 0 Å². The van der Waals surface area contributed by atoms with Crippen molar-refractivity contribution in [2.75, 3.05) is 33.3 Å². The maximum absolute atomic E-state index is 5.73. The number of nitrogens with zero attached hydrogens (tertiary/aromatic N) is 1. The minimum Gasteiger partial charge on any atom is -0.378 e. The minimum atomic E-state index is 0.509. The van der Waals surface area contributed by atoms with Crippen LogP contribution in [0.4, 0.5) is 0 Å². The van der Waals surface area contributed by atoms with Crippen LogP contribution in [0.2, 0.25) is 0 Å². The van der Waals surface area contributed by atoms with Crippen LogP contribution in [0, 0.1) is 5.92 Å². The molecule has 2 aliphatic rings. The molecule has 0 aromatic rings. The molecule has 3 heteroatoms. The van der Waals surface area contributed by atoms with E-state index in [2.05, 4.69) is 24.2 Å². The molecule has 2 saturated heterocycles. The molecule has 2 heterocycles. The number of likely N-dealkylation sites (tertiary alicyclic amines) is 1. The van der Waals surface area contributed by atoms with E-state index in [4.69, 9.17) is 4.74 Å². The molecule has 2 aliphatic heterocycles. The smallest absolute Gasteiger partial charge is 0.0613 e. The van der Waals surface area contributed by atoms with Crippen molar-refractivity contribution in [1.29, 1.82) is 0 Å². The second kappa shape index (κ2) is 7.46. The molecule has 2 fully saturated rings. The van der Waals surface area contributed by atoms with Gasteiger partial charge in [0.2, 0.25) is 0 Å². The third-order valence-corrected chi connectivity index (χ3v) is 4.73.